The molecule has 1 aliphatic heterocycles. The Labute approximate surface area is 181 Å². The predicted octanol–water partition coefficient (Wildman–Crippen LogP) is 1.86. The molecule has 2 aromatic rings. The van der Waals surface area contributed by atoms with Crippen molar-refractivity contribution in [2.75, 3.05) is 32.9 Å². The number of hydrogen-bond acceptors (Lipinski definition) is 5. The second-order valence-corrected chi connectivity index (χ2v) is 10.5. The average Bonchev–Trinajstić information content (AvgIpc) is 3.26. The minimum Gasteiger partial charge on any atom is -0.359 e. The zero-order valence-electron chi connectivity index (χ0n) is 17.2. The van der Waals surface area contributed by atoms with Crippen LogP contribution in [0.25, 0.3) is 10.4 Å². The Morgan fingerprint density at radius 1 is 1.20 bits per heavy atom. The quantitative estimate of drug-likeness (QED) is 0.675. The summed E-state index contributed by atoms with van der Waals surface area (Å²) in [6.07, 6.45) is 2.87. The molecule has 1 atom stereocenters. The molecule has 0 aliphatic carbocycles. The van der Waals surface area contributed by atoms with Crippen LogP contribution in [0.2, 0.25) is 0 Å². The van der Waals surface area contributed by atoms with Gasteiger partial charge in [-0.15, -0.1) is 11.3 Å². The van der Waals surface area contributed by atoms with Crippen molar-refractivity contribution in [3.05, 3.63) is 47.3 Å². The predicted molar refractivity (Wildman–Crippen MR) is 119 cm³/mol. The molecule has 30 heavy (non-hydrogen) atoms. The van der Waals surface area contributed by atoms with Gasteiger partial charge in [0, 0.05) is 25.0 Å². The monoisotopic (exact) mass is 449 g/mol. The largest absolute Gasteiger partial charge is 0.359 e. The lowest BCUT2D eigenvalue weighted by atomic mass is 9.73. The van der Waals surface area contributed by atoms with Gasteiger partial charge in [-0.2, -0.15) is 0 Å². The first-order valence-corrected chi connectivity index (χ1v) is 12.6. The lowest BCUT2D eigenvalue weighted by molar-refractivity contribution is -0.140. The van der Waals surface area contributed by atoms with Crippen LogP contribution in [0, 0.1) is 5.41 Å². The second-order valence-electron chi connectivity index (χ2n) is 7.68. The number of piperidine rings is 1. The van der Waals surface area contributed by atoms with Crippen molar-refractivity contribution in [3.8, 4) is 10.4 Å². The lowest BCUT2D eigenvalue weighted by Gasteiger charge is -2.42. The zero-order valence-corrected chi connectivity index (χ0v) is 18.8. The fraction of sp³-hybridized carbons (Fsp3) is 0.429. The van der Waals surface area contributed by atoms with E-state index in [2.05, 4.69) is 22.2 Å². The molecule has 1 aromatic heterocycles. The molecule has 3 rings (SSSR count). The lowest BCUT2D eigenvalue weighted by Crippen LogP contribution is -2.55. The fourth-order valence-electron chi connectivity index (χ4n) is 4.04. The van der Waals surface area contributed by atoms with Crippen molar-refractivity contribution in [1.82, 2.24) is 14.9 Å². The van der Waals surface area contributed by atoms with Gasteiger partial charge in [0.25, 0.3) is 0 Å². The van der Waals surface area contributed by atoms with Crippen LogP contribution in [0.15, 0.2) is 41.8 Å². The topological polar surface area (TPSA) is 95.6 Å². The fourth-order valence-corrected chi connectivity index (χ4v) is 5.21. The van der Waals surface area contributed by atoms with Crippen molar-refractivity contribution < 1.29 is 18.0 Å². The number of rotatable bonds is 7. The van der Waals surface area contributed by atoms with E-state index in [1.165, 1.54) is 0 Å². The van der Waals surface area contributed by atoms with Crippen molar-refractivity contribution in [3.63, 3.8) is 0 Å². The maximum Gasteiger partial charge on any atom is 0.237 e. The van der Waals surface area contributed by atoms with Gasteiger partial charge < -0.3 is 10.2 Å². The van der Waals surface area contributed by atoms with Crippen molar-refractivity contribution >= 4 is 33.2 Å². The molecule has 1 aromatic carbocycles. The third-order valence-corrected chi connectivity index (χ3v) is 7.03. The summed E-state index contributed by atoms with van der Waals surface area (Å²) < 4.78 is 24.9. The van der Waals surface area contributed by atoms with E-state index in [4.69, 9.17) is 0 Å². The van der Waals surface area contributed by atoms with E-state index in [1.807, 2.05) is 29.6 Å². The van der Waals surface area contributed by atoms with E-state index in [0.29, 0.717) is 25.8 Å². The molecule has 0 bridgehead atoms. The summed E-state index contributed by atoms with van der Waals surface area (Å²) in [5.41, 5.74) is 1.39. The molecule has 2 N–H and O–H groups in total. The number of nitrogens with one attached hydrogen (secondary N) is 2. The number of carbonyl (C=O) groups is 2. The highest BCUT2D eigenvalue weighted by molar-refractivity contribution is 7.88. The molecule has 0 radical (unpaired) electrons. The first-order valence-electron chi connectivity index (χ1n) is 9.80. The molecule has 2 amide bonds. The van der Waals surface area contributed by atoms with Crippen LogP contribution < -0.4 is 10.0 Å². The molecule has 0 saturated carbocycles. The maximum atomic E-state index is 13.0. The summed E-state index contributed by atoms with van der Waals surface area (Å²) in [4.78, 5) is 28.4. The molecule has 2 heterocycles. The number of hydrogen-bond donors (Lipinski definition) is 2. The third-order valence-electron chi connectivity index (χ3n) is 5.46. The van der Waals surface area contributed by atoms with Gasteiger partial charge in [0.15, 0.2) is 0 Å². The summed E-state index contributed by atoms with van der Waals surface area (Å²) >= 11 is 1.65. The van der Waals surface area contributed by atoms with E-state index in [-0.39, 0.29) is 24.9 Å². The van der Waals surface area contributed by atoms with Crippen LogP contribution >= 0.6 is 11.3 Å². The van der Waals surface area contributed by atoms with E-state index in [0.717, 1.165) is 22.3 Å². The highest BCUT2D eigenvalue weighted by atomic mass is 32.2. The van der Waals surface area contributed by atoms with Crippen LogP contribution in [0.1, 0.15) is 18.4 Å². The maximum absolute atomic E-state index is 13.0. The van der Waals surface area contributed by atoms with Crippen LogP contribution in [0.5, 0.6) is 0 Å². The molecule has 1 fully saturated rings. The zero-order chi connectivity index (χ0) is 21.8. The van der Waals surface area contributed by atoms with Gasteiger partial charge in [-0.25, -0.2) is 13.1 Å². The smallest absolute Gasteiger partial charge is 0.237 e. The summed E-state index contributed by atoms with van der Waals surface area (Å²) in [5, 5.41) is 4.80. The molecule has 7 nitrogen and oxygen atoms in total. The number of thiophene rings is 1. The van der Waals surface area contributed by atoms with Gasteiger partial charge in [-0.1, -0.05) is 30.3 Å². The molecular weight excluding hydrogens is 422 g/mol. The summed E-state index contributed by atoms with van der Waals surface area (Å²) in [5.74, 6) is -0.419. The van der Waals surface area contributed by atoms with Gasteiger partial charge in [0.1, 0.15) is 0 Å². The van der Waals surface area contributed by atoms with Crippen molar-refractivity contribution in [2.24, 2.45) is 5.41 Å². The molecule has 162 valence electrons. The Morgan fingerprint density at radius 3 is 2.63 bits per heavy atom. The SMILES string of the molecule is CNC(=O)C1(Cc2ccccc2-c2cccs2)CCCN(C(=O)CNS(C)(=O)=O)C1. The van der Waals surface area contributed by atoms with Gasteiger partial charge in [-0.3, -0.25) is 9.59 Å². The minimum absolute atomic E-state index is 0.0999. The summed E-state index contributed by atoms with van der Waals surface area (Å²) in [7, 11) is -1.85. The van der Waals surface area contributed by atoms with Crippen LogP contribution in [0.3, 0.4) is 0 Å². The Morgan fingerprint density at radius 2 is 1.97 bits per heavy atom. The number of carbonyl (C=O) groups excluding carboxylic acids is 2. The van der Waals surface area contributed by atoms with Crippen LogP contribution in [-0.4, -0.2) is 58.1 Å². The Hall–Kier alpha value is -2.23. The Bertz CT molecular complexity index is 1010. The van der Waals surface area contributed by atoms with E-state index in [9.17, 15) is 18.0 Å². The summed E-state index contributed by atoms with van der Waals surface area (Å²) in [6, 6.07) is 12.1. The van der Waals surface area contributed by atoms with Gasteiger partial charge in [-0.05, 0) is 41.8 Å². The molecular formula is C21H27N3O4S2. The standard InChI is InChI=1S/C21H27N3O4S2/c1-22-20(26)21(10-6-11-24(15-21)19(25)14-23-30(2,27)28)13-16-7-3-4-8-17(16)18-9-5-12-29-18/h3-5,7-9,12,23H,6,10-11,13-15H2,1-2H3,(H,22,26). The number of nitrogens with zero attached hydrogens (tertiary/aromatic N) is 1. The van der Waals surface area contributed by atoms with Crippen LogP contribution in [0.4, 0.5) is 0 Å². The normalized spacial score (nSPS) is 19.5. The van der Waals surface area contributed by atoms with E-state index >= 15 is 0 Å². The highest BCUT2D eigenvalue weighted by Gasteiger charge is 2.43. The number of amides is 2. The van der Waals surface area contributed by atoms with Gasteiger partial charge in [0.05, 0.1) is 18.2 Å². The van der Waals surface area contributed by atoms with E-state index in [1.54, 1.807) is 23.3 Å². The Kier molecular flexibility index (Phi) is 6.95. The summed E-state index contributed by atoms with van der Waals surface area (Å²) in [6.45, 7) is 0.472. The first-order chi connectivity index (χ1) is 14.2. The molecule has 0 spiro atoms. The molecule has 1 aliphatic rings. The third kappa shape index (κ3) is 5.27. The molecule has 9 heteroatoms. The minimum atomic E-state index is -3.46. The number of benzene rings is 1. The molecule has 1 unspecified atom stereocenters. The Balaban J connectivity index is 1.87. The number of sulfonamides is 1. The second kappa shape index (κ2) is 9.28. The van der Waals surface area contributed by atoms with Crippen LogP contribution in [-0.2, 0) is 26.0 Å². The van der Waals surface area contributed by atoms with Gasteiger partial charge >= 0.3 is 0 Å². The number of likely N-dealkylation sites (tertiary alicyclic amines) is 1. The van der Waals surface area contributed by atoms with Crippen molar-refractivity contribution in [1.29, 1.82) is 0 Å². The van der Waals surface area contributed by atoms with Crippen molar-refractivity contribution in [2.45, 2.75) is 19.3 Å². The average molecular weight is 450 g/mol. The first kappa shape index (κ1) is 22.5. The van der Waals surface area contributed by atoms with Gasteiger partial charge in [0.2, 0.25) is 21.8 Å². The van der Waals surface area contributed by atoms with E-state index < -0.39 is 15.4 Å². The molecule has 1 saturated heterocycles. The highest BCUT2D eigenvalue weighted by Crippen LogP contribution is 2.38.